The molecule has 0 atom stereocenters. The van der Waals surface area contributed by atoms with Crippen molar-refractivity contribution in [2.24, 2.45) is 0 Å². The molecule has 0 aromatic heterocycles. The van der Waals surface area contributed by atoms with Crippen LogP contribution in [-0.2, 0) is 11.4 Å². The molecule has 190 valence electrons. The summed E-state index contributed by atoms with van der Waals surface area (Å²) in [6.07, 6.45) is 3.09. The molecular weight excluding hydrogens is 478 g/mol. The zero-order valence-corrected chi connectivity index (χ0v) is 21.3. The van der Waals surface area contributed by atoms with Crippen molar-refractivity contribution in [1.82, 2.24) is 4.90 Å². The molecule has 3 aromatic carbocycles. The Kier molecular flexibility index (Phi) is 9.61. The maximum atomic E-state index is 12.7. The van der Waals surface area contributed by atoms with Crippen LogP contribution < -0.4 is 19.7 Å². The molecule has 0 aliphatic carbocycles. The Bertz CT molecular complexity index is 1180. The average Bonchev–Trinajstić information content (AvgIpc) is 2.88. The van der Waals surface area contributed by atoms with Crippen molar-refractivity contribution in [3.63, 3.8) is 0 Å². The minimum Gasteiger partial charge on any atom is -0.504 e. The van der Waals surface area contributed by atoms with E-state index in [0.717, 1.165) is 43.2 Å². The number of ether oxygens (including phenoxy) is 2. The number of hydrogen-bond acceptors (Lipinski definition) is 6. The van der Waals surface area contributed by atoms with Crippen molar-refractivity contribution < 1.29 is 19.4 Å². The third-order valence-corrected chi connectivity index (χ3v) is 5.98. The number of phenolic OH excluding ortho intramolecular Hbond substituents is 1. The Balaban J connectivity index is 0.00000361. The van der Waals surface area contributed by atoms with Crippen molar-refractivity contribution in [2.45, 2.75) is 6.61 Å². The van der Waals surface area contributed by atoms with Gasteiger partial charge in [-0.05, 0) is 61.2 Å². The van der Waals surface area contributed by atoms with Crippen LogP contribution in [0.1, 0.15) is 11.1 Å². The predicted octanol–water partition coefficient (Wildman–Crippen LogP) is 4.81. The van der Waals surface area contributed by atoms with E-state index in [4.69, 9.17) is 9.47 Å². The van der Waals surface area contributed by atoms with Crippen molar-refractivity contribution in [3.8, 4) is 17.2 Å². The molecule has 2 N–H and O–H groups in total. The van der Waals surface area contributed by atoms with Crippen molar-refractivity contribution in [3.05, 3.63) is 83.9 Å². The average molecular weight is 510 g/mol. The first-order valence-corrected chi connectivity index (χ1v) is 11.6. The molecule has 1 heterocycles. The molecule has 1 saturated heterocycles. The summed E-state index contributed by atoms with van der Waals surface area (Å²) in [5, 5.41) is 12.9. The molecular formula is C28H32ClN3O4. The van der Waals surface area contributed by atoms with Gasteiger partial charge < -0.3 is 29.7 Å². The van der Waals surface area contributed by atoms with Gasteiger partial charge in [0.1, 0.15) is 12.4 Å². The Morgan fingerprint density at radius 1 is 1.03 bits per heavy atom. The normalized spacial score (nSPS) is 13.8. The van der Waals surface area contributed by atoms with Gasteiger partial charge in [0.05, 0.1) is 7.11 Å². The quantitative estimate of drug-likeness (QED) is 0.425. The number of benzene rings is 3. The van der Waals surface area contributed by atoms with Gasteiger partial charge >= 0.3 is 0 Å². The molecule has 36 heavy (non-hydrogen) atoms. The van der Waals surface area contributed by atoms with E-state index in [9.17, 15) is 9.90 Å². The number of carbonyl (C=O) groups is 1. The maximum Gasteiger partial charge on any atom is 0.248 e. The van der Waals surface area contributed by atoms with Gasteiger partial charge in [-0.15, -0.1) is 12.4 Å². The van der Waals surface area contributed by atoms with E-state index in [1.54, 1.807) is 24.3 Å². The Morgan fingerprint density at radius 3 is 2.47 bits per heavy atom. The van der Waals surface area contributed by atoms with Crippen LogP contribution in [-0.4, -0.2) is 56.3 Å². The number of piperazine rings is 1. The number of likely N-dealkylation sites (N-methyl/N-ethyl adjacent to an activating group) is 1. The highest BCUT2D eigenvalue weighted by atomic mass is 35.5. The topological polar surface area (TPSA) is 74.3 Å². The van der Waals surface area contributed by atoms with Crippen molar-refractivity contribution in [2.75, 3.05) is 50.6 Å². The summed E-state index contributed by atoms with van der Waals surface area (Å²) in [5.74, 6) is 0.910. The lowest BCUT2D eigenvalue weighted by Gasteiger charge is -2.34. The minimum absolute atomic E-state index is 0. The summed E-state index contributed by atoms with van der Waals surface area (Å²) in [5.41, 5.74) is 3.41. The highest BCUT2D eigenvalue weighted by molar-refractivity contribution is 6.02. The zero-order chi connectivity index (χ0) is 24.6. The van der Waals surface area contributed by atoms with E-state index >= 15 is 0 Å². The fourth-order valence-corrected chi connectivity index (χ4v) is 3.92. The molecule has 1 aliphatic rings. The molecule has 1 amide bonds. The first kappa shape index (κ1) is 26.9. The number of nitrogens with zero attached hydrogens (tertiary/aromatic N) is 2. The van der Waals surface area contributed by atoms with Gasteiger partial charge in [-0.25, -0.2) is 0 Å². The molecule has 1 aliphatic heterocycles. The van der Waals surface area contributed by atoms with Crippen LogP contribution in [0.25, 0.3) is 6.08 Å². The number of carbonyl (C=O) groups excluding carboxylic acids is 1. The second kappa shape index (κ2) is 12.9. The number of phenols is 1. The number of nitrogens with one attached hydrogen (secondary N) is 1. The highest BCUT2D eigenvalue weighted by Crippen LogP contribution is 2.28. The first-order valence-electron chi connectivity index (χ1n) is 11.6. The number of halogens is 1. The Labute approximate surface area is 218 Å². The number of anilines is 2. The number of aromatic hydroxyl groups is 1. The van der Waals surface area contributed by atoms with Crippen LogP contribution in [0.4, 0.5) is 11.4 Å². The first-order chi connectivity index (χ1) is 17.0. The summed E-state index contributed by atoms with van der Waals surface area (Å²) >= 11 is 0. The third-order valence-electron chi connectivity index (χ3n) is 5.98. The van der Waals surface area contributed by atoms with Crippen LogP contribution in [0.5, 0.6) is 17.2 Å². The fourth-order valence-electron chi connectivity index (χ4n) is 3.92. The van der Waals surface area contributed by atoms with Crippen LogP contribution >= 0.6 is 12.4 Å². The smallest absolute Gasteiger partial charge is 0.248 e. The Hall–Kier alpha value is -3.68. The summed E-state index contributed by atoms with van der Waals surface area (Å²) < 4.78 is 11.1. The minimum atomic E-state index is -0.270. The van der Waals surface area contributed by atoms with Gasteiger partial charge in [-0.1, -0.05) is 24.3 Å². The number of methoxy groups -OCH3 is 1. The van der Waals surface area contributed by atoms with Gasteiger partial charge in [0, 0.05) is 49.2 Å². The molecule has 8 heteroatoms. The second-order valence-corrected chi connectivity index (χ2v) is 8.49. The summed E-state index contributed by atoms with van der Waals surface area (Å²) in [6.45, 7) is 4.27. The molecule has 0 radical (unpaired) electrons. The summed E-state index contributed by atoms with van der Waals surface area (Å²) in [4.78, 5) is 17.4. The van der Waals surface area contributed by atoms with Crippen LogP contribution in [0, 0.1) is 0 Å². The van der Waals surface area contributed by atoms with E-state index in [0.29, 0.717) is 23.6 Å². The molecule has 0 bridgehead atoms. The Morgan fingerprint density at radius 2 is 1.78 bits per heavy atom. The van der Waals surface area contributed by atoms with E-state index in [-0.39, 0.29) is 24.1 Å². The molecule has 4 rings (SSSR count). The predicted molar refractivity (Wildman–Crippen MR) is 146 cm³/mol. The van der Waals surface area contributed by atoms with E-state index in [2.05, 4.69) is 28.2 Å². The van der Waals surface area contributed by atoms with Gasteiger partial charge in [0.2, 0.25) is 5.91 Å². The molecule has 7 nitrogen and oxygen atoms in total. The lowest BCUT2D eigenvalue weighted by molar-refractivity contribution is -0.111. The molecule has 3 aromatic rings. The summed E-state index contributed by atoms with van der Waals surface area (Å²) in [6, 6.07) is 20.7. The van der Waals surface area contributed by atoms with Gasteiger partial charge in [0.25, 0.3) is 0 Å². The van der Waals surface area contributed by atoms with Crippen molar-refractivity contribution in [1.29, 1.82) is 0 Å². The maximum absolute atomic E-state index is 12.7. The fraction of sp³-hybridized carbons (Fsp3) is 0.250. The lowest BCUT2D eigenvalue weighted by atomic mass is 10.1. The van der Waals surface area contributed by atoms with E-state index in [1.165, 1.54) is 13.2 Å². The number of rotatable bonds is 8. The molecule has 0 saturated carbocycles. The molecule has 1 fully saturated rings. The summed E-state index contributed by atoms with van der Waals surface area (Å²) in [7, 11) is 3.63. The van der Waals surface area contributed by atoms with E-state index < -0.39 is 0 Å². The van der Waals surface area contributed by atoms with E-state index in [1.807, 2.05) is 42.5 Å². The van der Waals surface area contributed by atoms with Gasteiger partial charge in [-0.2, -0.15) is 0 Å². The van der Waals surface area contributed by atoms with Gasteiger partial charge in [-0.3, -0.25) is 4.79 Å². The standard InChI is InChI=1S/C28H31N3O4.ClH/c1-30-14-16-31(17-15-30)23-10-11-25(22(19-23)20-35-24-6-4-3-5-7-24)29-28(33)13-9-21-8-12-27(34-2)26(32)18-21;/h3-13,18-19,32H,14-17,20H2,1-2H3,(H,29,33);1H/b13-9+;. The molecule has 0 spiro atoms. The van der Waals surface area contributed by atoms with Crippen LogP contribution in [0.2, 0.25) is 0 Å². The lowest BCUT2D eigenvalue weighted by Crippen LogP contribution is -2.44. The number of amides is 1. The zero-order valence-electron chi connectivity index (χ0n) is 20.5. The van der Waals surface area contributed by atoms with Crippen LogP contribution in [0.15, 0.2) is 72.8 Å². The van der Waals surface area contributed by atoms with Crippen LogP contribution in [0.3, 0.4) is 0 Å². The largest absolute Gasteiger partial charge is 0.504 e. The monoisotopic (exact) mass is 509 g/mol. The number of hydrogen-bond donors (Lipinski definition) is 2. The number of para-hydroxylation sites is 1. The van der Waals surface area contributed by atoms with Crippen molar-refractivity contribution >= 4 is 35.8 Å². The second-order valence-electron chi connectivity index (χ2n) is 8.49. The third kappa shape index (κ3) is 7.16. The molecule has 0 unspecified atom stereocenters. The highest BCUT2D eigenvalue weighted by Gasteiger charge is 2.16. The van der Waals surface area contributed by atoms with Gasteiger partial charge in [0.15, 0.2) is 11.5 Å². The SMILES string of the molecule is COc1ccc(/C=C/C(=O)Nc2ccc(N3CCN(C)CC3)cc2COc2ccccc2)cc1O.Cl.